The van der Waals surface area contributed by atoms with Gasteiger partial charge in [-0.1, -0.05) is 97.1 Å². The van der Waals surface area contributed by atoms with Crippen molar-refractivity contribution in [2.24, 2.45) is 9.98 Å². The minimum atomic E-state index is -4.63. The van der Waals surface area contributed by atoms with Crippen LogP contribution < -0.4 is 10.2 Å². The molecule has 49 heavy (non-hydrogen) atoms. The van der Waals surface area contributed by atoms with E-state index in [4.69, 9.17) is 4.47 Å². The second-order valence-corrected chi connectivity index (χ2v) is 13.2. The number of benzene rings is 6. The molecule has 0 aliphatic carbocycles. The molecule has 0 saturated carbocycles. The summed E-state index contributed by atoms with van der Waals surface area (Å²) in [7, 11) is -9.26. The van der Waals surface area contributed by atoms with Crippen molar-refractivity contribution in [1.29, 1.82) is 0 Å². The summed E-state index contributed by atoms with van der Waals surface area (Å²) in [5, 5.41) is 25.1. The molecule has 0 fully saturated rings. The SMILES string of the molecule is O=S(=O)([O-])c1cccc2cccc(N=Cc3ccccc3[O-])c12.O=S(=O)([O-])c1cccc2cccc(N=Cc3ccccc3[O-])c12.[O]=[U]=[O]. The van der Waals surface area contributed by atoms with Gasteiger partial charge in [-0.25, -0.2) is 16.8 Å². The van der Waals surface area contributed by atoms with Crippen molar-refractivity contribution in [2.75, 3.05) is 0 Å². The summed E-state index contributed by atoms with van der Waals surface area (Å²) in [5.74, 6) is -0.374. The zero-order valence-electron chi connectivity index (χ0n) is 25.0. The molecule has 0 aliphatic heterocycles. The first-order valence-corrected chi connectivity index (χ1v) is 20.1. The van der Waals surface area contributed by atoms with Gasteiger partial charge in [-0.3, -0.25) is 9.98 Å². The Morgan fingerprint density at radius 1 is 0.490 bits per heavy atom. The van der Waals surface area contributed by atoms with E-state index in [1.165, 1.54) is 48.8 Å². The molecule has 0 aliphatic rings. The normalized spacial score (nSPS) is 11.5. The van der Waals surface area contributed by atoms with Crippen molar-refractivity contribution in [1.82, 2.24) is 0 Å². The molecule has 0 amide bonds. The van der Waals surface area contributed by atoms with Gasteiger partial charge in [0.2, 0.25) is 0 Å². The Labute approximate surface area is 295 Å². The van der Waals surface area contributed by atoms with Crippen molar-refractivity contribution < 1.29 is 68.4 Å². The van der Waals surface area contributed by atoms with E-state index in [0.29, 0.717) is 33.3 Å². The van der Waals surface area contributed by atoms with Gasteiger partial charge in [0.1, 0.15) is 20.2 Å². The molecule has 15 heteroatoms. The van der Waals surface area contributed by atoms with Crippen LogP contribution in [0.5, 0.6) is 11.5 Å². The summed E-state index contributed by atoms with van der Waals surface area (Å²) in [4.78, 5) is 7.78. The molecular weight excluding hydrogens is 899 g/mol. The number of rotatable bonds is 6. The second-order valence-electron chi connectivity index (χ2n) is 9.85. The Bertz CT molecular complexity index is 2280. The molecule has 0 aromatic heterocycles. The standard InChI is InChI=1S/2C17H13NO4S.2O.U/c2*19-15-9-2-1-5-13(15)11-18-14-8-3-6-12-7-4-10-16(17(12)14)23(20,21)22;;;/h2*1-11,19H,(H,20,21,22);;;/p-4. The van der Waals surface area contributed by atoms with Gasteiger partial charge in [-0.2, -0.15) is 0 Å². The van der Waals surface area contributed by atoms with Crippen molar-refractivity contribution in [2.45, 2.75) is 9.79 Å². The molecular formula is C34H22N2O10S2U-4. The molecule has 6 rings (SSSR count). The van der Waals surface area contributed by atoms with Crippen LogP contribution in [0.1, 0.15) is 11.1 Å². The molecule has 0 spiro atoms. The van der Waals surface area contributed by atoms with Crippen LogP contribution in [-0.2, 0) is 24.7 Å². The van der Waals surface area contributed by atoms with E-state index < -0.39 is 48.1 Å². The fourth-order valence-corrected chi connectivity index (χ4v) is 6.09. The quantitative estimate of drug-likeness (QED) is 0.163. The summed E-state index contributed by atoms with van der Waals surface area (Å²) in [6.07, 6.45) is 2.73. The molecule has 0 saturated heterocycles. The van der Waals surface area contributed by atoms with Crippen LogP contribution in [-0.4, -0.2) is 38.4 Å². The monoisotopic (exact) mass is 920 g/mol. The molecule has 0 N–H and O–H groups in total. The molecule has 0 heterocycles. The van der Waals surface area contributed by atoms with E-state index in [1.807, 2.05) is 0 Å². The third-order valence-corrected chi connectivity index (χ3v) is 8.51. The van der Waals surface area contributed by atoms with E-state index in [-0.39, 0.29) is 32.1 Å². The third kappa shape index (κ3) is 9.67. The van der Waals surface area contributed by atoms with Crippen molar-refractivity contribution >= 4 is 65.6 Å². The maximum atomic E-state index is 11.7. The Morgan fingerprint density at radius 3 is 1.14 bits per heavy atom. The van der Waals surface area contributed by atoms with Crippen LogP contribution in [0.4, 0.5) is 11.4 Å². The predicted octanol–water partition coefficient (Wildman–Crippen LogP) is 4.90. The molecule has 6 aromatic carbocycles. The number of hydrogen-bond donors (Lipinski definition) is 0. The zero-order chi connectivity index (χ0) is 35.6. The molecule has 6 aromatic rings. The molecule has 0 radical (unpaired) electrons. The van der Waals surface area contributed by atoms with Gasteiger partial charge >= 0.3 is 32.3 Å². The topological polar surface area (TPSA) is 219 Å². The van der Waals surface area contributed by atoms with Gasteiger partial charge in [0, 0.05) is 23.2 Å². The number of aliphatic imine (C=N–C) groups is 2. The Kier molecular flexibility index (Phi) is 12.5. The Balaban J connectivity index is 0.000000205. The number of fused-ring (bicyclic) bond motifs is 2. The van der Waals surface area contributed by atoms with E-state index in [0.717, 1.165) is 0 Å². The molecule has 248 valence electrons. The number of hydrogen-bond acceptors (Lipinski definition) is 12. The summed E-state index contributed by atoms with van der Waals surface area (Å²) < 4.78 is 86.0. The van der Waals surface area contributed by atoms with Gasteiger partial charge in [-0.15, -0.1) is 11.5 Å². The van der Waals surface area contributed by atoms with Crippen LogP contribution in [0.3, 0.4) is 0 Å². The predicted molar refractivity (Wildman–Crippen MR) is 171 cm³/mol. The average molecular weight is 921 g/mol. The van der Waals surface area contributed by atoms with Crippen LogP contribution in [0.15, 0.2) is 141 Å². The first-order chi connectivity index (χ1) is 23.3. The molecule has 0 unspecified atom stereocenters. The summed E-state index contributed by atoms with van der Waals surface area (Å²) in [6, 6.07) is 31.7. The van der Waals surface area contributed by atoms with Gasteiger partial charge in [-0.05, 0) is 46.2 Å². The fourth-order valence-electron chi connectivity index (χ4n) is 4.66. The van der Waals surface area contributed by atoms with Crippen LogP contribution in [0.25, 0.3) is 21.5 Å². The average Bonchev–Trinajstić information content (AvgIpc) is 3.07. The van der Waals surface area contributed by atoms with Crippen LogP contribution in [0, 0.1) is 27.8 Å². The Morgan fingerprint density at radius 2 is 0.816 bits per heavy atom. The minimum absolute atomic E-state index is 0.187. The summed E-state index contributed by atoms with van der Waals surface area (Å²) in [6.45, 7) is 0. The number of para-hydroxylation sites is 2. The molecule has 0 atom stereocenters. The van der Waals surface area contributed by atoms with E-state index in [2.05, 4.69) is 9.98 Å². The second kappa shape index (κ2) is 16.6. The van der Waals surface area contributed by atoms with E-state index >= 15 is 0 Å². The van der Waals surface area contributed by atoms with Gasteiger partial charge in [0.15, 0.2) is 0 Å². The fraction of sp³-hybridized carbons (Fsp3) is 0. The van der Waals surface area contributed by atoms with Gasteiger partial charge in [0.05, 0.1) is 21.2 Å². The molecule has 12 nitrogen and oxygen atoms in total. The molecule has 0 bridgehead atoms. The Hall–Kier alpha value is -4.75. The van der Waals surface area contributed by atoms with Crippen molar-refractivity contribution in [3.05, 3.63) is 132 Å². The van der Waals surface area contributed by atoms with Crippen LogP contribution in [0.2, 0.25) is 0 Å². The first-order valence-electron chi connectivity index (χ1n) is 13.9. The van der Waals surface area contributed by atoms with Gasteiger partial charge < -0.3 is 19.3 Å². The summed E-state index contributed by atoms with van der Waals surface area (Å²) in [5.41, 5.74) is 1.40. The summed E-state index contributed by atoms with van der Waals surface area (Å²) >= 11 is -2.51. The van der Waals surface area contributed by atoms with Crippen molar-refractivity contribution in [3.8, 4) is 11.5 Å². The third-order valence-electron chi connectivity index (χ3n) is 6.75. The van der Waals surface area contributed by atoms with Crippen molar-refractivity contribution in [3.63, 3.8) is 0 Å². The van der Waals surface area contributed by atoms with Crippen LogP contribution >= 0.6 is 0 Å². The number of nitrogens with zero attached hydrogens (tertiary/aromatic N) is 2. The first kappa shape index (κ1) is 37.1. The zero-order valence-corrected chi connectivity index (χ0v) is 30.8. The van der Waals surface area contributed by atoms with Gasteiger partial charge in [0.25, 0.3) is 0 Å². The van der Waals surface area contributed by atoms with E-state index in [1.54, 1.807) is 84.9 Å². The maximum absolute atomic E-state index is 11.7. The van der Waals surface area contributed by atoms with E-state index in [9.17, 15) is 36.2 Å².